The molecule has 6 heteroatoms. The second-order valence-electron chi connectivity index (χ2n) is 3.48. The Hall–Kier alpha value is -1.82. The number of carboxylic acid groups (broad SMARTS) is 1. The second-order valence-corrected chi connectivity index (χ2v) is 4.55. The summed E-state index contributed by atoms with van der Waals surface area (Å²) in [6, 6.07) is 7.62. The van der Waals surface area contributed by atoms with Crippen molar-refractivity contribution in [1.29, 1.82) is 5.41 Å². The molecule has 2 rings (SSSR count). The van der Waals surface area contributed by atoms with Crippen molar-refractivity contribution in [3.63, 3.8) is 0 Å². The number of aromatic amines is 1. The Kier molecular flexibility index (Phi) is 3.43. The van der Waals surface area contributed by atoms with Gasteiger partial charge in [-0.15, -0.1) is 0 Å². The Morgan fingerprint density at radius 3 is 2.94 bits per heavy atom. The van der Waals surface area contributed by atoms with Crippen molar-refractivity contribution in [3.05, 3.63) is 30.1 Å². The highest BCUT2D eigenvalue weighted by Crippen LogP contribution is 2.13. The quantitative estimate of drug-likeness (QED) is 0.570. The van der Waals surface area contributed by atoms with E-state index >= 15 is 0 Å². The summed E-state index contributed by atoms with van der Waals surface area (Å²) in [6.45, 7) is 0. The van der Waals surface area contributed by atoms with Gasteiger partial charge in [0.2, 0.25) is 0 Å². The maximum atomic E-state index is 10.4. The Balaban J connectivity index is 2.03. The second kappa shape index (κ2) is 5.01. The summed E-state index contributed by atoms with van der Waals surface area (Å²) in [7, 11) is 0. The van der Waals surface area contributed by atoms with E-state index in [0.29, 0.717) is 17.3 Å². The molecule has 0 spiro atoms. The molecule has 0 amide bonds. The van der Waals surface area contributed by atoms with Crippen LogP contribution < -0.4 is 0 Å². The van der Waals surface area contributed by atoms with Gasteiger partial charge in [0, 0.05) is 0 Å². The molecule has 0 saturated heterocycles. The van der Waals surface area contributed by atoms with E-state index in [0.717, 1.165) is 22.8 Å². The maximum Gasteiger partial charge on any atom is 0.313 e. The lowest BCUT2D eigenvalue weighted by Gasteiger charge is -1.98. The van der Waals surface area contributed by atoms with Crippen LogP contribution >= 0.6 is 11.8 Å². The fourth-order valence-corrected chi connectivity index (χ4v) is 1.98. The van der Waals surface area contributed by atoms with Crippen LogP contribution in [0.5, 0.6) is 0 Å². The smallest absolute Gasteiger partial charge is 0.313 e. The van der Waals surface area contributed by atoms with Gasteiger partial charge < -0.3 is 10.1 Å². The van der Waals surface area contributed by atoms with E-state index in [9.17, 15) is 4.79 Å². The molecule has 2 aromatic rings. The van der Waals surface area contributed by atoms with Crippen LogP contribution in [0.3, 0.4) is 0 Å². The van der Waals surface area contributed by atoms with E-state index in [-0.39, 0.29) is 5.75 Å². The lowest BCUT2D eigenvalue weighted by atomic mass is 10.3. The van der Waals surface area contributed by atoms with Crippen molar-refractivity contribution < 1.29 is 9.90 Å². The fourth-order valence-electron chi connectivity index (χ4n) is 1.44. The van der Waals surface area contributed by atoms with Gasteiger partial charge in [0.25, 0.3) is 0 Å². The zero-order valence-electron chi connectivity index (χ0n) is 8.93. The van der Waals surface area contributed by atoms with Crippen molar-refractivity contribution in [2.75, 3.05) is 5.75 Å². The number of nitrogens with one attached hydrogen (secondary N) is 2. The number of fused-ring (bicyclic) bond motifs is 1. The average molecular weight is 249 g/mol. The monoisotopic (exact) mass is 249 g/mol. The summed E-state index contributed by atoms with van der Waals surface area (Å²) in [6.07, 6.45) is 0.340. The van der Waals surface area contributed by atoms with Crippen LogP contribution in [0, 0.1) is 5.41 Å². The summed E-state index contributed by atoms with van der Waals surface area (Å²) in [4.78, 5) is 17.8. The maximum absolute atomic E-state index is 10.4. The molecule has 0 saturated carbocycles. The molecule has 88 valence electrons. The topological polar surface area (TPSA) is 89.8 Å². The van der Waals surface area contributed by atoms with E-state index in [1.54, 1.807) is 0 Å². The zero-order valence-corrected chi connectivity index (χ0v) is 9.75. The Labute approximate surface area is 102 Å². The standard InChI is InChI=1S/C11H11N3O2S/c12-9(17-6-11(15)16)5-10-13-7-3-1-2-4-8(7)14-10/h1-4,12H,5-6H2,(H,13,14)(H,15,16). The van der Waals surface area contributed by atoms with Gasteiger partial charge in [-0.2, -0.15) is 0 Å². The molecule has 0 fully saturated rings. The first-order chi connectivity index (χ1) is 8.15. The van der Waals surface area contributed by atoms with Gasteiger partial charge in [-0.25, -0.2) is 4.98 Å². The largest absolute Gasteiger partial charge is 0.481 e. The lowest BCUT2D eigenvalue weighted by Crippen LogP contribution is -2.05. The fraction of sp³-hybridized carbons (Fsp3) is 0.182. The van der Waals surface area contributed by atoms with Crippen molar-refractivity contribution >= 4 is 33.8 Å². The summed E-state index contributed by atoms with van der Waals surface area (Å²) < 4.78 is 0. The molecule has 0 aliphatic carbocycles. The molecule has 17 heavy (non-hydrogen) atoms. The summed E-state index contributed by atoms with van der Waals surface area (Å²) >= 11 is 1.01. The Morgan fingerprint density at radius 2 is 2.24 bits per heavy atom. The first-order valence-electron chi connectivity index (χ1n) is 5.01. The zero-order chi connectivity index (χ0) is 12.3. The minimum atomic E-state index is -0.913. The van der Waals surface area contributed by atoms with Gasteiger partial charge >= 0.3 is 5.97 Å². The van der Waals surface area contributed by atoms with E-state index in [1.807, 2.05) is 24.3 Å². The molecule has 0 aliphatic heterocycles. The number of hydrogen-bond acceptors (Lipinski definition) is 4. The molecule has 1 aromatic carbocycles. The minimum absolute atomic E-state index is 0.0843. The van der Waals surface area contributed by atoms with Gasteiger partial charge in [0.15, 0.2) is 0 Å². The number of aliphatic carboxylic acids is 1. The van der Waals surface area contributed by atoms with Crippen LogP contribution in [0.1, 0.15) is 5.82 Å². The van der Waals surface area contributed by atoms with Gasteiger partial charge in [-0.05, 0) is 12.1 Å². The molecule has 3 N–H and O–H groups in total. The predicted octanol–water partition coefficient (Wildman–Crippen LogP) is 1.90. The third kappa shape index (κ3) is 3.07. The number of hydrogen-bond donors (Lipinski definition) is 3. The summed E-state index contributed by atoms with van der Waals surface area (Å²) in [5.41, 5.74) is 1.79. The molecule has 0 unspecified atom stereocenters. The highest BCUT2D eigenvalue weighted by Gasteiger charge is 2.07. The van der Waals surface area contributed by atoms with Gasteiger partial charge in [0.05, 0.1) is 28.3 Å². The number of carboxylic acids is 1. The number of H-pyrrole nitrogens is 1. The summed E-state index contributed by atoms with van der Waals surface area (Å²) in [5, 5.41) is 16.4. The molecule has 0 bridgehead atoms. The Bertz CT molecular complexity index is 532. The third-order valence-corrected chi connectivity index (χ3v) is 3.02. The van der Waals surface area contributed by atoms with E-state index in [4.69, 9.17) is 10.5 Å². The van der Waals surface area contributed by atoms with Crippen LogP contribution in [0.25, 0.3) is 11.0 Å². The highest BCUT2D eigenvalue weighted by molar-refractivity contribution is 8.14. The first kappa shape index (κ1) is 11.7. The number of aromatic nitrogens is 2. The molecular weight excluding hydrogens is 238 g/mol. The minimum Gasteiger partial charge on any atom is -0.481 e. The molecule has 1 heterocycles. The number of imidazole rings is 1. The lowest BCUT2D eigenvalue weighted by molar-refractivity contribution is -0.133. The highest BCUT2D eigenvalue weighted by atomic mass is 32.2. The molecule has 5 nitrogen and oxygen atoms in total. The third-order valence-electron chi connectivity index (χ3n) is 2.14. The van der Waals surface area contributed by atoms with Crippen molar-refractivity contribution in [2.45, 2.75) is 6.42 Å². The van der Waals surface area contributed by atoms with Crippen molar-refractivity contribution in [1.82, 2.24) is 9.97 Å². The Morgan fingerprint density at radius 1 is 1.47 bits per heavy atom. The van der Waals surface area contributed by atoms with Crippen LogP contribution in [-0.2, 0) is 11.2 Å². The predicted molar refractivity (Wildman–Crippen MR) is 67.6 cm³/mol. The first-order valence-corrected chi connectivity index (χ1v) is 5.99. The number of thioether (sulfide) groups is 1. The van der Waals surface area contributed by atoms with Gasteiger partial charge in [0.1, 0.15) is 5.82 Å². The normalized spacial score (nSPS) is 10.6. The number of para-hydroxylation sites is 2. The van der Waals surface area contributed by atoms with Gasteiger partial charge in [-0.3, -0.25) is 10.2 Å². The van der Waals surface area contributed by atoms with Crippen molar-refractivity contribution in [2.24, 2.45) is 0 Å². The number of benzene rings is 1. The van der Waals surface area contributed by atoms with Crippen molar-refractivity contribution in [3.8, 4) is 0 Å². The number of rotatable bonds is 4. The molecule has 0 radical (unpaired) electrons. The van der Waals surface area contributed by atoms with Gasteiger partial charge in [-0.1, -0.05) is 23.9 Å². The van der Waals surface area contributed by atoms with Crippen LogP contribution in [0.4, 0.5) is 0 Å². The molecular formula is C11H11N3O2S. The number of nitrogens with zero attached hydrogens (tertiary/aromatic N) is 1. The van der Waals surface area contributed by atoms with E-state index in [2.05, 4.69) is 9.97 Å². The summed E-state index contributed by atoms with van der Waals surface area (Å²) in [5.74, 6) is -0.308. The molecule has 1 aromatic heterocycles. The molecule has 0 aliphatic rings. The average Bonchev–Trinajstić information content (AvgIpc) is 2.68. The molecule has 0 atom stereocenters. The van der Waals surface area contributed by atoms with Crippen LogP contribution in [0.15, 0.2) is 24.3 Å². The van der Waals surface area contributed by atoms with E-state index < -0.39 is 5.97 Å². The SMILES string of the molecule is N=C(Cc1nc2ccccc2[nH]1)SCC(=O)O. The van der Waals surface area contributed by atoms with Crippen LogP contribution in [0.2, 0.25) is 0 Å². The van der Waals surface area contributed by atoms with Crippen LogP contribution in [-0.4, -0.2) is 31.8 Å². The van der Waals surface area contributed by atoms with E-state index in [1.165, 1.54) is 0 Å². The number of carbonyl (C=O) groups is 1.